The molecule has 88 valence electrons. The van der Waals surface area contributed by atoms with Crippen LogP contribution >= 0.6 is 0 Å². The molecule has 1 aromatic rings. The third kappa shape index (κ3) is 3.29. The molecule has 0 N–H and O–H groups in total. The Hall–Kier alpha value is -1.45. The molecule has 0 aliphatic rings. The van der Waals surface area contributed by atoms with Gasteiger partial charge in [-0.25, -0.2) is 8.78 Å². The summed E-state index contributed by atoms with van der Waals surface area (Å²) in [7, 11) is 1.36. The molecule has 0 radical (unpaired) electrons. The van der Waals surface area contributed by atoms with E-state index in [4.69, 9.17) is 4.74 Å². The van der Waals surface area contributed by atoms with Gasteiger partial charge in [-0.15, -0.1) is 0 Å². The number of hydrogen-bond donors (Lipinski definition) is 0. The van der Waals surface area contributed by atoms with Crippen molar-refractivity contribution < 1.29 is 13.5 Å². The van der Waals surface area contributed by atoms with Crippen molar-refractivity contribution in [2.45, 2.75) is 19.8 Å². The van der Waals surface area contributed by atoms with Gasteiger partial charge in [-0.05, 0) is 6.42 Å². The molecular formula is C12H15F2NO. The predicted octanol–water partition coefficient (Wildman–Crippen LogP) is 3.19. The molecule has 4 heteroatoms. The topological polar surface area (TPSA) is 21.6 Å². The van der Waals surface area contributed by atoms with E-state index in [-0.39, 0.29) is 11.3 Å². The summed E-state index contributed by atoms with van der Waals surface area (Å²) in [5, 5.41) is 0. The molecule has 16 heavy (non-hydrogen) atoms. The summed E-state index contributed by atoms with van der Waals surface area (Å²) >= 11 is 0. The van der Waals surface area contributed by atoms with E-state index in [2.05, 4.69) is 4.99 Å². The van der Waals surface area contributed by atoms with Gasteiger partial charge in [0, 0.05) is 24.9 Å². The van der Waals surface area contributed by atoms with Crippen LogP contribution in [0, 0.1) is 11.6 Å². The average Bonchev–Trinajstić information content (AvgIpc) is 2.26. The highest BCUT2D eigenvalue weighted by molar-refractivity contribution is 5.80. The van der Waals surface area contributed by atoms with Crippen molar-refractivity contribution in [3.63, 3.8) is 0 Å². The molecule has 0 saturated heterocycles. The van der Waals surface area contributed by atoms with Gasteiger partial charge in [0.2, 0.25) is 0 Å². The first kappa shape index (κ1) is 12.6. The average molecular weight is 227 g/mol. The van der Waals surface area contributed by atoms with Crippen molar-refractivity contribution in [3.05, 3.63) is 29.3 Å². The normalized spacial score (nSPS) is 11.0. The maximum atomic E-state index is 13.4. The van der Waals surface area contributed by atoms with Crippen LogP contribution in [-0.4, -0.2) is 19.9 Å². The Bertz CT molecular complexity index is 354. The van der Waals surface area contributed by atoms with Crippen molar-refractivity contribution in [2.75, 3.05) is 13.7 Å². The number of nitrogens with zero attached hydrogens (tertiary/aromatic N) is 1. The van der Waals surface area contributed by atoms with Gasteiger partial charge in [-0.2, -0.15) is 0 Å². The Labute approximate surface area is 94.0 Å². The third-order valence-corrected chi connectivity index (χ3v) is 2.15. The Morgan fingerprint density at radius 3 is 2.44 bits per heavy atom. The van der Waals surface area contributed by atoms with Crippen LogP contribution in [0.4, 0.5) is 8.78 Å². The van der Waals surface area contributed by atoms with Crippen LogP contribution in [0.3, 0.4) is 0 Å². The van der Waals surface area contributed by atoms with E-state index in [9.17, 15) is 8.78 Å². The predicted molar refractivity (Wildman–Crippen MR) is 60.3 cm³/mol. The second kappa shape index (κ2) is 6.20. The molecule has 0 amide bonds. The second-order valence-electron chi connectivity index (χ2n) is 3.39. The molecule has 0 saturated carbocycles. The number of hydrogen-bond acceptors (Lipinski definition) is 2. The highest BCUT2D eigenvalue weighted by atomic mass is 19.1. The minimum atomic E-state index is -0.655. The van der Waals surface area contributed by atoms with Crippen molar-refractivity contribution in [1.29, 1.82) is 0 Å². The molecule has 0 heterocycles. The van der Waals surface area contributed by atoms with Crippen LogP contribution in [0.2, 0.25) is 0 Å². The lowest BCUT2D eigenvalue weighted by Crippen LogP contribution is -1.97. The van der Waals surface area contributed by atoms with Gasteiger partial charge in [0.05, 0.1) is 12.7 Å². The zero-order chi connectivity index (χ0) is 12.0. The SMILES string of the molecule is CCCC/N=C/c1c(F)cc(OC)cc1F. The van der Waals surface area contributed by atoms with Crippen molar-refractivity contribution in [2.24, 2.45) is 4.99 Å². The number of benzene rings is 1. The number of rotatable bonds is 5. The molecule has 1 aromatic carbocycles. The van der Waals surface area contributed by atoms with E-state index < -0.39 is 11.6 Å². The fourth-order valence-corrected chi connectivity index (χ4v) is 1.21. The van der Waals surface area contributed by atoms with Gasteiger partial charge in [0.15, 0.2) is 0 Å². The molecule has 0 fully saturated rings. The fraction of sp³-hybridized carbons (Fsp3) is 0.417. The van der Waals surface area contributed by atoms with Crippen molar-refractivity contribution in [3.8, 4) is 5.75 Å². The number of halogens is 2. The van der Waals surface area contributed by atoms with Gasteiger partial charge in [-0.3, -0.25) is 4.99 Å². The number of unbranched alkanes of at least 4 members (excludes halogenated alkanes) is 1. The minimum absolute atomic E-state index is 0.114. The smallest absolute Gasteiger partial charge is 0.138 e. The minimum Gasteiger partial charge on any atom is -0.497 e. The van der Waals surface area contributed by atoms with E-state index in [1.165, 1.54) is 13.3 Å². The standard InChI is InChI=1S/C12H15F2NO/c1-3-4-5-15-8-10-11(13)6-9(16-2)7-12(10)14/h6-8H,3-5H2,1-2H3/b15-8+. The number of aliphatic imine (C=N–C) groups is 1. The molecule has 2 nitrogen and oxygen atoms in total. The molecule has 1 rings (SSSR count). The van der Waals surface area contributed by atoms with Crippen LogP contribution in [-0.2, 0) is 0 Å². The molecule has 0 aliphatic carbocycles. The maximum absolute atomic E-state index is 13.4. The van der Waals surface area contributed by atoms with E-state index in [0.717, 1.165) is 25.0 Å². The van der Waals surface area contributed by atoms with Crippen LogP contribution in [0.25, 0.3) is 0 Å². The Balaban J connectivity index is 2.84. The van der Waals surface area contributed by atoms with E-state index in [0.29, 0.717) is 6.54 Å². The molecule has 0 bridgehead atoms. The number of ether oxygens (including phenoxy) is 1. The van der Waals surface area contributed by atoms with Crippen LogP contribution in [0.5, 0.6) is 5.75 Å². The Kier molecular flexibility index (Phi) is 4.89. The quantitative estimate of drug-likeness (QED) is 0.559. The van der Waals surface area contributed by atoms with Crippen LogP contribution < -0.4 is 4.74 Å². The Morgan fingerprint density at radius 1 is 1.31 bits per heavy atom. The largest absolute Gasteiger partial charge is 0.497 e. The van der Waals surface area contributed by atoms with E-state index in [1.807, 2.05) is 6.92 Å². The monoisotopic (exact) mass is 227 g/mol. The third-order valence-electron chi connectivity index (χ3n) is 2.15. The summed E-state index contributed by atoms with van der Waals surface area (Å²) in [6, 6.07) is 2.29. The lowest BCUT2D eigenvalue weighted by Gasteiger charge is -2.03. The summed E-state index contributed by atoms with van der Waals surface area (Å²) in [6.45, 7) is 2.62. The molecule has 0 atom stereocenters. The lowest BCUT2D eigenvalue weighted by atomic mass is 10.2. The van der Waals surface area contributed by atoms with Gasteiger partial charge < -0.3 is 4.74 Å². The van der Waals surface area contributed by atoms with Crippen LogP contribution in [0.1, 0.15) is 25.3 Å². The van der Waals surface area contributed by atoms with Crippen molar-refractivity contribution in [1.82, 2.24) is 0 Å². The van der Waals surface area contributed by atoms with E-state index >= 15 is 0 Å². The Morgan fingerprint density at radius 2 is 1.94 bits per heavy atom. The molecule has 0 aromatic heterocycles. The summed E-state index contributed by atoms with van der Waals surface area (Å²) in [5.74, 6) is -1.14. The number of methoxy groups -OCH3 is 1. The summed E-state index contributed by atoms with van der Waals surface area (Å²) in [6.07, 6.45) is 3.15. The first-order valence-corrected chi connectivity index (χ1v) is 5.22. The van der Waals surface area contributed by atoms with Gasteiger partial charge >= 0.3 is 0 Å². The summed E-state index contributed by atoms with van der Waals surface area (Å²) in [5.41, 5.74) is -0.114. The van der Waals surface area contributed by atoms with Gasteiger partial charge in [0.25, 0.3) is 0 Å². The summed E-state index contributed by atoms with van der Waals surface area (Å²) in [4.78, 5) is 3.96. The lowest BCUT2D eigenvalue weighted by molar-refractivity contribution is 0.406. The second-order valence-corrected chi connectivity index (χ2v) is 3.39. The summed E-state index contributed by atoms with van der Waals surface area (Å²) < 4.78 is 31.5. The van der Waals surface area contributed by atoms with E-state index in [1.54, 1.807) is 0 Å². The molecule has 0 spiro atoms. The zero-order valence-electron chi connectivity index (χ0n) is 9.46. The zero-order valence-corrected chi connectivity index (χ0v) is 9.46. The first-order valence-electron chi connectivity index (χ1n) is 5.22. The molecular weight excluding hydrogens is 212 g/mol. The molecule has 0 unspecified atom stereocenters. The highest BCUT2D eigenvalue weighted by Crippen LogP contribution is 2.18. The fourth-order valence-electron chi connectivity index (χ4n) is 1.21. The highest BCUT2D eigenvalue weighted by Gasteiger charge is 2.09. The van der Waals surface area contributed by atoms with Gasteiger partial charge in [0.1, 0.15) is 17.4 Å². The first-order chi connectivity index (χ1) is 7.69. The molecule has 0 aliphatic heterocycles. The van der Waals surface area contributed by atoms with Crippen LogP contribution in [0.15, 0.2) is 17.1 Å². The van der Waals surface area contributed by atoms with Gasteiger partial charge in [-0.1, -0.05) is 13.3 Å². The van der Waals surface area contributed by atoms with Crippen molar-refractivity contribution >= 4 is 6.21 Å². The maximum Gasteiger partial charge on any atom is 0.138 e.